The van der Waals surface area contributed by atoms with Gasteiger partial charge in [-0.05, 0) is 109 Å². The Bertz CT molecular complexity index is 1620. The van der Waals surface area contributed by atoms with Crippen LogP contribution < -0.4 is 0 Å². The number of hydrogen-bond donors (Lipinski definition) is 0. The molecule has 0 radical (unpaired) electrons. The van der Waals surface area contributed by atoms with Crippen molar-refractivity contribution in [3.63, 3.8) is 0 Å². The lowest BCUT2D eigenvalue weighted by Crippen LogP contribution is -2.30. The predicted molar refractivity (Wildman–Crippen MR) is 353 cm³/mol. The lowest BCUT2D eigenvalue weighted by Gasteiger charge is -2.18. The average Bonchev–Trinajstić information content (AvgIpc) is 3.47. The van der Waals surface area contributed by atoms with Crippen molar-refractivity contribution in [1.29, 1.82) is 0 Å². The molecule has 0 rings (SSSR count). The molecule has 0 aromatic carbocycles. The van der Waals surface area contributed by atoms with Crippen LogP contribution in [0.1, 0.15) is 329 Å². The van der Waals surface area contributed by atoms with Gasteiger partial charge in [-0.2, -0.15) is 0 Å². The Balaban J connectivity index is 4.04. The van der Waals surface area contributed by atoms with Gasteiger partial charge in [0.25, 0.3) is 0 Å². The van der Waals surface area contributed by atoms with Crippen LogP contribution >= 0.6 is 0 Å². The molecule has 0 amide bonds. The van der Waals surface area contributed by atoms with Gasteiger partial charge < -0.3 is 14.2 Å². The Morgan fingerprint density at radius 3 is 0.753 bits per heavy atom. The molecule has 464 valence electrons. The number of ether oxygens (including phenoxy) is 3. The van der Waals surface area contributed by atoms with Crippen molar-refractivity contribution in [3.8, 4) is 0 Å². The van der Waals surface area contributed by atoms with Crippen molar-refractivity contribution in [2.75, 3.05) is 13.2 Å². The van der Waals surface area contributed by atoms with Gasteiger partial charge in [0.15, 0.2) is 6.10 Å². The van der Waals surface area contributed by atoms with Gasteiger partial charge in [-0.25, -0.2) is 0 Å². The number of unbranched alkanes of at least 4 members (excludes halogenated alkanes) is 33. The normalized spacial score (nSPS) is 12.8. The summed E-state index contributed by atoms with van der Waals surface area (Å²) in [6.07, 6.45) is 94.5. The molecule has 0 saturated heterocycles. The molecule has 6 heteroatoms. The highest BCUT2D eigenvalue weighted by Gasteiger charge is 2.19. The molecule has 0 aliphatic heterocycles. The van der Waals surface area contributed by atoms with Crippen LogP contribution in [0, 0.1) is 0 Å². The van der Waals surface area contributed by atoms with Crippen LogP contribution in [-0.4, -0.2) is 37.2 Å². The molecule has 81 heavy (non-hydrogen) atoms. The van der Waals surface area contributed by atoms with Crippen molar-refractivity contribution < 1.29 is 28.6 Å². The molecule has 0 bridgehead atoms. The second-order valence-electron chi connectivity index (χ2n) is 22.7. The van der Waals surface area contributed by atoms with Gasteiger partial charge >= 0.3 is 17.9 Å². The molecule has 6 nitrogen and oxygen atoms in total. The third kappa shape index (κ3) is 66.8. The minimum absolute atomic E-state index is 0.0807. The van der Waals surface area contributed by atoms with Gasteiger partial charge in [0.1, 0.15) is 13.2 Å². The zero-order valence-electron chi connectivity index (χ0n) is 53.3. The summed E-state index contributed by atoms with van der Waals surface area (Å²) in [5, 5.41) is 0. The number of allylic oxidation sites excluding steroid dienone is 18. The number of carbonyl (C=O) groups excluding carboxylic acids is 3. The van der Waals surface area contributed by atoms with Gasteiger partial charge in [0.05, 0.1) is 0 Å². The lowest BCUT2D eigenvalue weighted by molar-refractivity contribution is -0.167. The summed E-state index contributed by atoms with van der Waals surface area (Å²) in [5.74, 6) is -0.896. The summed E-state index contributed by atoms with van der Waals surface area (Å²) >= 11 is 0. The maximum absolute atomic E-state index is 12.9. The van der Waals surface area contributed by atoms with E-state index in [1.54, 1.807) is 0 Å². The fraction of sp³-hybridized carbons (Fsp3) is 0.720. The van der Waals surface area contributed by atoms with E-state index >= 15 is 0 Å². The van der Waals surface area contributed by atoms with Gasteiger partial charge in [-0.15, -0.1) is 0 Å². The van der Waals surface area contributed by atoms with Gasteiger partial charge in [0, 0.05) is 19.3 Å². The molecule has 0 aliphatic carbocycles. The first-order chi connectivity index (χ1) is 40.0. The van der Waals surface area contributed by atoms with Crippen LogP contribution in [0.4, 0.5) is 0 Å². The fourth-order valence-electron chi connectivity index (χ4n) is 9.63. The zero-order chi connectivity index (χ0) is 58.5. The number of carbonyl (C=O) groups is 3. The molecule has 0 aromatic heterocycles. The third-order valence-corrected chi connectivity index (χ3v) is 14.8. The Hall–Kier alpha value is -3.93. The Morgan fingerprint density at radius 2 is 0.481 bits per heavy atom. The summed E-state index contributed by atoms with van der Waals surface area (Å²) in [6.45, 7) is 6.45. The highest BCUT2D eigenvalue weighted by atomic mass is 16.6. The maximum atomic E-state index is 12.9. The van der Waals surface area contributed by atoms with Gasteiger partial charge in [-0.3, -0.25) is 14.4 Å². The summed E-state index contributed by atoms with van der Waals surface area (Å²) in [4.78, 5) is 38.0. The quantitative estimate of drug-likeness (QED) is 0.0261. The highest BCUT2D eigenvalue weighted by molar-refractivity contribution is 5.71. The van der Waals surface area contributed by atoms with E-state index in [1.165, 1.54) is 167 Å². The predicted octanol–water partition coefficient (Wildman–Crippen LogP) is 23.8. The molecule has 0 N–H and O–H groups in total. The third-order valence-electron chi connectivity index (χ3n) is 14.8. The second kappa shape index (κ2) is 68.6. The van der Waals surface area contributed by atoms with Crippen LogP contribution in [0.2, 0.25) is 0 Å². The van der Waals surface area contributed by atoms with Crippen LogP contribution in [-0.2, 0) is 28.6 Å². The number of hydrogen-bond acceptors (Lipinski definition) is 6. The van der Waals surface area contributed by atoms with Crippen molar-refractivity contribution in [2.45, 2.75) is 335 Å². The van der Waals surface area contributed by atoms with Crippen LogP contribution in [0.3, 0.4) is 0 Å². The summed E-state index contributed by atoms with van der Waals surface area (Å²) < 4.78 is 16.8. The van der Waals surface area contributed by atoms with Crippen LogP contribution in [0.5, 0.6) is 0 Å². The van der Waals surface area contributed by atoms with E-state index in [2.05, 4.69) is 130 Å². The fourth-order valence-corrected chi connectivity index (χ4v) is 9.63. The topological polar surface area (TPSA) is 78.9 Å². The molecule has 1 atom stereocenters. The van der Waals surface area contributed by atoms with E-state index in [0.29, 0.717) is 19.3 Å². The first kappa shape index (κ1) is 77.1. The molecular weight excluding hydrogens is 997 g/mol. The number of rotatable bonds is 62. The summed E-state index contributed by atoms with van der Waals surface area (Å²) in [7, 11) is 0. The van der Waals surface area contributed by atoms with E-state index in [4.69, 9.17) is 14.2 Å². The molecule has 0 heterocycles. The molecule has 0 aromatic rings. The Morgan fingerprint density at radius 1 is 0.259 bits per heavy atom. The molecule has 0 spiro atoms. The molecule has 1 unspecified atom stereocenters. The van der Waals surface area contributed by atoms with E-state index in [0.717, 1.165) is 122 Å². The Kier molecular flexibility index (Phi) is 65.2. The molecule has 0 saturated carbocycles. The van der Waals surface area contributed by atoms with Gasteiger partial charge in [0.2, 0.25) is 0 Å². The smallest absolute Gasteiger partial charge is 0.306 e. The van der Waals surface area contributed by atoms with Crippen LogP contribution in [0.25, 0.3) is 0 Å². The minimum atomic E-state index is -0.780. The molecular formula is C75H128O6. The molecule has 0 aliphatic rings. The number of esters is 3. The van der Waals surface area contributed by atoms with E-state index < -0.39 is 6.10 Å². The standard InChI is InChI=1S/C75H128O6/c1-4-7-10-13-15-17-19-21-23-25-27-29-31-33-35-37-39-41-43-45-47-49-51-53-55-57-59-62-65-68-74(77)80-71-72(70-79-73(76)67-64-61-12-9-6-3)81-75(78)69-66-63-60-58-56-54-52-50-48-46-44-42-40-38-36-34-32-30-28-26-24-22-20-18-16-14-11-8-5-2/h7,10,15,17,20-23,26-29,33,35,39,41,45,47,72H,4-6,8-9,11-14,16,18-19,24-25,30-32,34,36-38,40,42-44,46,48-71H2,1-3H3/b10-7-,17-15-,22-20-,23-21-,28-26-,29-27-,35-33-,41-39-,47-45-. The van der Waals surface area contributed by atoms with Crippen molar-refractivity contribution in [3.05, 3.63) is 109 Å². The Labute approximate surface area is 501 Å². The van der Waals surface area contributed by atoms with Crippen molar-refractivity contribution in [2.24, 2.45) is 0 Å². The lowest BCUT2D eigenvalue weighted by atomic mass is 10.0. The summed E-state index contributed by atoms with van der Waals surface area (Å²) in [5.41, 5.74) is 0. The SMILES string of the molecule is CC/C=C\C/C=C\C/C=C\C/C=C\C/C=C\C/C=C\C/C=C\CCCCCCCCCC(=O)OCC(COC(=O)CCCCCCC)OC(=O)CCCCCCCCCCCCCCCCCCC/C=C\C/C=C\CCCCCCC. The van der Waals surface area contributed by atoms with Crippen LogP contribution in [0.15, 0.2) is 109 Å². The van der Waals surface area contributed by atoms with Gasteiger partial charge in [-0.1, -0.05) is 310 Å². The average molecular weight is 1130 g/mol. The first-order valence-corrected chi connectivity index (χ1v) is 34.4. The van der Waals surface area contributed by atoms with Crippen molar-refractivity contribution in [1.82, 2.24) is 0 Å². The summed E-state index contributed by atoms with van der Waals surface area (Å²) in [6, 6.07) is 0. The maximum Gasteiger partial charge on any atom is 0.306 e. The first-order valence-electron chi connectivity index (χ1n) is 34.4. The molecule has 0 fully saturated rings. The van der Waals surface area contributed by atoms with E-state index in [1.807, 2.05) is 0 Å². The highest BCUT2D eigenvalue weighted by Crippen LogP contribution is 2.17. The largest absolute Gasteiger partial charge is 0.462 e. The van der Waals surface area contributed by atoms with E-state index in [-0.39, 0.29) is 31.1 Å². The second-order valence-corrected chi connectivity index (χ2v) is 22.7. The minimum Gasteiger partial charge on any atom is -0.462 e. The zero-order valence-corrected chi connectivity index (χ0v) is 53.3. The monoisotopic (exact) mass is 1120 g/mol. The van der Waals surface area contributed by atoms with Crippen molar-refractivity contribution >= 4 is 17.9 Å². The van der Waals surface area contributed by atoms with E-state index in [9.17, 15) is 14.4 Å².